The highest BCUT2D eigenvalue weighted by Gasteiger charge is 2.17. The standard InChI is InChI=1S/C12H11ClFN3O2S/c1-15-11-6-5-8(7-16-11)20(18,19)17-10-4-2-3-9(13)12(10)14/h2-7,17H,1H3,(H,15,16). The fourth-order valence-electron chi connectivity index (χ4n) is 1.47. The Morgan fingerprint density at radius 3 is 2.60 bits per heavy atom. The van der Waals surface area contributed by atoms with Crippen LogP contribution in [0.25, 0.3) is 0 Å². The van der Waals surface area contributed by atoms with Crippen LogP contribution in [0, 0.1) is 5.82 Å². The molecule has 106 valence electrons. The summed E-state index contributed by atoms with van der Waals surface area (Å²) in [6.45, 7) is 0. The second-order valence-electron chi connectivity index (χ2n) is 3.84. The first-order valence-corrected chi connectivity index (χ1v) is 7.41. The highest BCUT2D eigenvalue weighted by Crippen LogP contribution is 2.24. The van der Waals surface area contributed by atoms with E-state index >= 15 is 0 Å². The molecule has 2 aromatic rings. The van der Waals surface area contributed by atoms with Gasteiger partial charge in [0.2, 0.25) is 0 Å². The monoisotopic (exact) mass is 315 g/mol. The fraction of sp³-hybridized carbons (Fsp3) is 0.0833. The zero-order chi connectivity index (χ0) is 14.8. The van der Waals surface area contributed by atoms with Gasteiger partial charge < -0.3 is 5.32 Å². The first-order chi connectivity index (χ1) is 9.44. The number of nitrogens with one attached hydrogen (secondary N) is 2. The highest BCUT2D eigenvalue weighted by atomic mass is 35.5. The van der Waals surface area contributed by atoms with Crippen molar-refractivity contribution in [2.45, 2.75) is 4.90 Å². The molecule has 0 atom stereocenters. The summed E-state index contributed by atoms with van der Waals surface area (Å²) in [6.07, 6.45) is 1.18. The number of pyridine rings is 1. The van der Waals surface area contributed by atoms with Crippen molar-refractivity contribution < 1.29 is 12.8 Å². The molecule has 0 aliphatic rings. The van der Waals surface area contributed by atoms with E-state index in [2.05, 4.69) is 15.0 Å². The van der Waals surface area contributed by atoms with Gasteiger partial charge in [-0.1, -0.05) is 17.7 Å². The van der Waals surface area contributed by atoms with Gasteiger partial charge in [-0.25, -0.2) is 17.8 Å². The average Bonchev–Trinajstić information content (AvgIpc) is 2.44. The van der Waals surface area contributed by atoms with Crippen LogP contribution in [0.1, 0.15) is 0 Å². The predicted octanol–water partition coefficient (Wildman–Crippen LogP) is 2.72. The number of rotatable bonds is 4. The lowest BCUT2D eigenvalue weighted by Crippen LogP contribution is -2.14. The van der Waals surface area contributed by atoms with Crippen LogP contribution >= 0.6 is 11.6 Å². The molecule has 0 spiro atoms. The molecular weight excluding hydrogens is 305 g/mol. The second-order valence-corrected chi connectivity index (χ2v) is 5.93. The summed E-state index contributed by atoms with van der Waals surface area (Å²) < 4.78 is 40.0. The third-order valence-corrected chi connectivity index (χ3v) is 4.14. The lowest BCUT2D eigenvalue weighted by atomic mass is 10.3. The maximum absolute atomic E-state index is 13.7. The Hall–Kier alpha value is -1.86. The Morgan fingerprint density at radius 1 is 1.25 bits per heavy atom. The van der Waals surface area contributed by atoms with Gasteiger partial charge >= 0.3 is 0 Å². The maximum atomic E-state index is 13.7. The lowest BCUT2D eigenvalue weighted by Gasteiger charge is -2.09. The largest absolute Gasteiger partial charge is 0.373 e. The number of sulfonamides is 1. The number of anilines is 2. The Balaban J connectivity index is 2.33. The van der Waals surface area contributed by atoms with Gasteiger partial charge in [0.15, 0.2) is 5.82 Å². The Kier molecular flexibility index (Phi) is 4.10. The molecule has 2 rings (SSSR count). The average molecular weight is 316 g/mol. The van der Waals surface area contributed by atoms with Crippen LogP contribution < -0.4 is 10.0 Å². The molecule has 0 aliphatic carbocycles. The number of hydrogen-bond acceptors (Lipinski definition) is 4. The smallest absolute Gasteiger partial charge is 0.263 e. The topological polar surface area (TPSA) is 71.1 Å². The molecule has 1 aromatic heterocycles. The van der Waals surface area contributed by atoms with E-state index in [0.29, 0.717) is 5.82 Å². The fourth-order valence-corrected chi connectivity index (χ4v) is 2.65. The molecule has 0 saturated heterocycles. The van der Waals surface area contributed by atoms with E-state index in [1.807, 2.05) is 0 Å². The van der Waals surface area contributed by atoms with Crippen LogP contribution in [-0.2, 0) is 10.0 Å². The summed E-state index contributed by atoms with van der Waals surface area (Å²) >= 11 is 5.60. The summed E-state index contributed by atoms with van der Waals surface area (Å²) in [6, 6.07) is 6.93. The summed E-state index contributed by atoms with van der Waals surface area (Å²) in [5, 5.41) is 2.61. The molecule has 8 heteroatoms. The van der Waals surface area contributed by atoms with E-state index in [0.717, 1.165) is 0 Å². The maximum Gasteiger partial charge on any atom is 0.263 e. The van der Waals surface area contributed by atoms with Gasteiger partial charge in [0.1, 0.15) is 10.7 Å². The van der Waals surface area contributed by atoms with Gasteiger partial charge in [0, 0.05) is 13.2 Å². The van der Waals surface area contributed by atoms with Gasteiger partial charge in [-0.3, -0.25) is 4.72 Å². The van der Waals surface area contributed by atoms with E-state index in [9.17, 15) is 12.8 Å². The van der Waals surface area contributed by atoms with Gasteiger partial charge in [0.25, 0.3) is 10.0 Å². The van der Waals surface area contributed by atoms with Gasteiger partial charge in [-0.2, -0.15) is 0 Å². The molecule has 0 radical (unpaired) electrons. The molecule has 5 nitrogen and oxygen atoms in total. The third kappa shape index (κ3) is 3.00. The predicted molar refractivity (Wildman–Crippen MR) is 76.0 cm³/mol. The van der Waals surface area contributed by atoms with Crippen molar-refractivity contribution in [2.24, 2.45) is 0 Å². The minimum atomic E-state index is -3.92. The van der Waals surface area contributed by atoms with Crippen molar-refractivity contribution in [1.82, 2.24) is 4.98 Å². The Morgan fingerprint density at radius 2 is 2.00 bits per heavy atom. The molecule has 0 bridgehead atoms. The van der Waals surface area contributed by atoms with Crippen LogP contribution in [-0.4, -0.2) is 20.4 Å². The first kappa shape index (κ1) is 14.5. The Bertz CT molecular complexity index is 720. The van der Waals surface area contributed by atoms with Gasteiger partial charge in [0.05, 0.1) is 10.7 Å². The van der Waals surface area contributed by atoms with Crippen molar-refractivity contribution >= 4 is 33.1 Å². The van der Waals surface area contributed by atoms with Crippen LogP contribution in [0.5, 0.6) is 0 Å². The van der Waals surface area contributed by atoms with Crippen molar-refractivity contribution in [3.63, 3.8) is 0 Å². The van der Waals surface area contributed by atoms with E-state index in [1.54, 1.807) is 7.05 Å². The molecule has 0 aliphatic heterocycles. The van der Waals surface area contributed by atoms with Gasteiger partial charge in [-0.15, -0.1) is 0 Å². The van der Waals surface area contributed by atoms with Crippen molar-refractivity contribution in [3.05, 3.63) is 47.4 Å². The number of aromatic nitrogens is 1. The summed E-state index contributed by atoms with van der Waals surface area (Å²) in [7, 11) is -2.25. The third-order valence-electron chi connectivity index (χ3n) is 2.50. The summed E-state index contributed by atoms with van der Waals surface area (Å²) in [5.41, 5.74) is -0.213. The lowest BCUT2D eigenvalue weighted by molar-refractivity contribution is 0.598. The molecule has 1 aromatic carbocycles. The number of hydrogen-bond donors (Lipinski definition) is 2. The van der Waals surface area contributed by atoms with Crippen molar-refractivity contribution in [3.8, 4) is 0 Å². The minimum Gasteiger partial charge on any atom is -0.373 e. The van der Waals surface area contributed by atoms with E-state index in [-0.39, 0.29) is 15.6 Å². The normalized spacial score (nSPS) is 11.2. The number of nitrogens with zero attached hydrogens (tertiary/aromatic N) is 1. The summed E-state index contributed by atoms with van der Waals surface area (Å²) in [4.78, 5) is 3.82. The minimum absolute atomic E-state index is 0.0733. The van der Waals surface area contributed by atoms with Crippen LogP contribution in [0.4, 0.5) is 15.9 Å². The molecule has 0 amide bonds. The molecule has 2 N–H and O–H groups in total. The van der Waals surface area contributed by atoms with Gasteiger partial charge in [-0.05, 0) is 24.3 Å². The van der Waals surface area contributed by atoms with Crippen LogP contribution in [0.3, 0.4) is 0 Å². The summed E-state index contributed by atoms with van der Waals surface area (Å²) in [5.74, 6) is -0.296. The van der Waals surface area contributed by atoms with Crippen LogP contribution in [0.15, 0.2) is 41.4 Å². The Labute approximate surface area is 120 Å². The quantitative estimate of drug-likeness (QED) is 0.910. The molecule has 0 unspecified atom stereocenters. The zero-order valence-electron chi connectivity index (χ0n) is 10.4. The molecule has 1 heterocycles. The zero-order valence-corrected chi connectivity index (χ0v) is 12.0. The SMILES string of the molecule is CNc1ccc(S(=O)(=O)Nc2cccc(Cl)c2F)cn1. The second kappa shape index (κ2) is 5.64. The first-order valence-electron chi connectivity index (χ1n) is 5.54. The molecule has 20 heavy (non-hydrogen) atoms. The van der Waals surface area contributed by atoms with E-state index in [1.165, 1.54) is 36.5 Å². The highest BCUT2D eigenvalue weighted by molar-refractivity contribution is 7.92. The van der Waals surface area contributed by atoms with Crippen molar-refractivity contribution in [2.75, 3.05) is 17.1 Å². The number of benzene rings is 1. The number of halogens is 2. The van der Waals surface area contributed by atoms with Crippen molar-refractivity contribution in [1.29, 1.82) is 0 Å². The van der Waals surface area contributed by atoms with E-state index in [4.69, 9.17) is 11.6 Å². The molecular formula is C12H11ClFN3O2S. The van der Waals surface area contributed by atoms with Crippen LogP contribution in [0.2, 0.25) is 5.02 Å². The molecule has 0 saturated carbocycles. The molecule has 0 fully saturated rings. The van der Waals surface area contributed by atoms with E-state index < -0.39 is 15.8 Å².